The molecule has 0 aliphatic carbocycles. The molecule has 1 atom stereocenters. The maximum Gasteiger partial charge on any atom is 0.320 e. The molecule has 0 aliphatic heterocycles. The molecule has 0 radical (unpaired) electrons. The van der Waals surface area contributed by atoms with Crippen LogP contribution < -0.4 is 14.8 Å². The van der Waals surface area contributed by atoms with Crippen molar-refractivity contribution in [2.75, 3.05) is 13.2 Å². The molecule has 0 saturated heterocycles. The van der Waals surface area contributed by atoms with E-state index in [0.29, 0.717) is 31.1 Å². The molecule has 0 aliphatic rings. The highest BCUT2D eigenvalue weighted by Gasteiger charge is 2.18. The first kappa shape index (κ1) is 17.3. The highest BCUT2D eigenvalue weighted by molar-refractivity contribution is 5.73. The molecule has 0 bridgehead atoms. The van der Waals surface area contributed by atoms with Crippen LogP contribution in [0.15, 0.2) is 24.3 Å². The zero-order valence-electron chi connectivity index (χ0n) is 13.0. The van der Waals surface area contributed by atoms with Crippen LogP contribution in [-0.4, -0.2) is 36.4 Å². The molecule has 5 nitrogen and oxygen atoms in total. The SMILES string of the molecule is CCCOc1ccccc1OCCC(NC(C)C)C(=O)O. The van der Waals surface area contributed by atoms with E-state index in [-0.39, 0.29) is 6.04 Å². The summed E-state index contributed by atoms with van der Waals surface area (Å²) in [6, 6.07) is 6.95. The fourth-order valence-electron chi connectivity index (χ4n) is 1.87. The van der Waals surface area contributed by atoms with Crippen molar-refractivity contribution in [3.8, 4) is 11.5 Å². The smallest absolute Gasteiger partial charge is 0.320 e. The predicted octanol–water partition coefficient (Wildman–Crippen LogP) is 2.70. The number of nitrogens with one attached hydrogen (secondary N) is 1. The van der Waals surface area contributed by atoms with Crippen LogP contribution in [0.5, 0.6) is 11.5 Å². The van der Waals surface area contributed by atoms with Gasteiger partial charge in [-0.1, -0.05) is 32.9 Å². The molecule has 1 aromatic carbocycles. The van der Waals surface area contributed by atoms with Gasteiger partial charge in [-0.3, -0.25) is 4.79 Å². The Morgan fingerprint density at radius 2 is 1.76 bits per heavy atom. The lowest BCUT2D eigenvalue weighted by Gasteiger charge is -2.18. The van der Waals surface area contributed by atoms with Gasteiger partial charge in [0.05, 0.1) is 13.2 Å². The number of carboxylic acid groups (broad SMARTS) is 1. The molecule has 1 rings (SSSR count). The van der Waals surface area contributed by atoms with Gasteiger partial charge in [0.2, 0.25) is 0 Å². The van der Waals surface area contributed by atoms with Crippen molar-refractivity contribution < 1.29 is 19.4 Å². The van der Waals surface area contributed by atoms with E-state index < -0.39 is 12.0 Å². The van der Waals surface area contributed by atoms with Crippen LogP contribution in [0.1, 0.15) is 33.6 Å². The summed E-state index contributed by atoms with van der Waals surface area (Å²) in [5, 5.41) is 12.2. The lowest BCUT2D eigenvalue weighted by Crippen LogP contribution is -2.41. The molecule has 0 heterocycles. The van der Waals surface area contributed by atoms with Gasteiger partial charge in [-0.15, -0.1) is 0 Å². The minimum Gasteiger partial charge on any atom is -0.490 e. The average molecular weight is 295 g/mol. The second-order valence-electron chi connectivity index (χ2n) is 5.14. The Hall–Kier alpha value is -1.75. The number of benzene rings is 1. The summed E-state index contributed by atoms with van der Waals surface area (Å²) in [5.74, 6) is 0.491. The van der Waals surface area contributed by atoms with Crippen LogP contribution in [0, 0.1) is 0 Å². The molecule has 0 saturated carbocycles. The fourth-order valence-corrected chi connectivity index (χ4v) is 1.87. The van der Waals surface area contributed by atoms with Crippen molar-refractivity contribution in [3.05, 3.63) is 24.3 Å². The van der Waals surface area contributed by atoms with Crippen molar-refractivity contribution in [2.45, 2.75) is 45.7 Å². The monoisotopic (exact) mass is 295 g/mol. The number of ether oxygens (including phenoxy) is 2. The fraction of sp³-hybridized carbons (Fsp3) is 0.562. The summed E-state index contributed by atoms with van der Waals surface area (Å²) in [6.07, 6.45) is 1.32. The molecule has 0 aromatic heterocycles. The van der Waals surface area contributed by atoms with Crippen LogP contribution in [0.4, 0.5) is 0 Å². The number of para-hydroxylation sites is 2. The van der Waals surface area contributed by atoms with E-state index in [4.69, 9.17) is 14.6 Å². The van der Waals surface area contributed by atoms with Crippen LogP contribution in [0.3, 0.4) is 0 Å². The standard InChI is InChI=1S/C16H25NO4/c1-4-10-20-14-7-5-6-8-15(14)21-11-9-13(16(18)19)17-12(2)3/h5-8,12-13,17H,4,9-11H2,1-3H3,(H,18,19). The topological polar surface area (TPSA) is 67.8 Å². The van der Waals surface area contributed by atoms with Crippen molar-refractivity contribution in [3.63, 3.8) is 0 Å². The lowest BCUT2D eigenvalue weighted by atomic mass is 10.2. The van der Waals surface area contributed by atoms with Gasteiger partial charge >= 0.3 is 5.97 Å². The molecule has 118 valence electrons. The zero-order chi connectivity index (χ0) is 15.7. The third-order valence-corrected chi connectivity index (χ3v) is 2.81. The van der Waals surface area contributed by atoms with E-state index in [9.17, 15) is 4.79 Å². The molecular formula is C16H25NO4. The van der Waals surface area contributed by atoms with Gasteiger partial charge in [0.15, 0.2) is 11.5 Å². The van der Waals surface area contributed by atoms with E-state index in [2.05, 4.69) is 5.32 Å². The van der Waals surface area contributed by atoms with E-state index in [1.54, 1.807) is 0 Å². The van der Waals surface area contributed by atoms with Gasteiger partial charge in [0.25, 0.3) is 0 Å². The number of aliphatic carboxylic acids is 1. The first-order chi connectivity index (χ1) is 10.0. The van der Waals surface area contributed by atoms with E-state index in [1.807, 2.05) is 45.0 Å². The Bertz CT molecular complexity index is 434. The summed E-state index contributed by atoms with van der Waals surface area (Å²) < 4.78 is 11.3. The molecule has 0 fully saturated rings. The number of carbonyl (C=O) groups is 1. The second kappa shape index (κ2) is 9.23. The molecular weight excluding hydrogens is 270 g/mol. The summed E-state index contributed by atoms with van der Waals surface area (Å²) >= 11 is 0. The first-order valence-electron chi connectivity index (χ1n) is 7.38. The van der Waals surface area contributed by atoms with Crippen LogP contribution in [-0.2, 0) is 4.79 Å². The van der Waals surface area contributed by atoms with E-state index >= 15 is 0 Å². The Kier molecular flexibility index (Phi) is 7.61. The van der Waals surface area contributed by atoms with Gasteiger partial charge in [-0.2, -0.15) is 0 Å². The minimum atomic E-state index is -0.859. The summed E-state index contributed by atoms with van der Waals surface area (Å²) in [5.41, 5.74) is 0. The van der Waals surface area contributed by atoms with Gasteiger partial charge in [-0.25, -0.2) is 0 Å². The first-order valence-corrected chi connectivity index (χ1v) is 7.38. The van der Waals surface area contributed by atoms with Gasteiger partial charge in [0, 0.05) is 12.5 Å². The Balaban J connectivity index is 2.52. The maximum absolute atomic E-state index is 11.1. The van der Waals surface area contributed by atoms with Crippen molar-refractivity contribution >= 4 is 5.97 Å². The van der Waals surface area contributed by atoms with E-state index in [0.717, 1.165) is 6.42 Å². The third kappa shape index (κ3) is 6.49. The van der Waals surface area contributed by atoms with Gasteiger partial charge in [-0.05, 0) is 18.6 Å². The quantitative estimate of drug-likeness (QED) is 0.694. The van der Waals surface area contributed by atoms with Gasteiger partial charge in [0.1, 0.15) is 6.04 Å². The Labute approximate surface area is 126 Å². The third-order valence-electron chi connectivity index (χ3n) is 2.81. The van der Waals surface area contributed by atoms with Crippen molar-refractivity contribution in [2.24, 2.45) is 0 Å². The molecule has 21 heavy (non-hydrogen) atoms. The molecule has 0 spiro atoms. The summed E-state index contributed by atoms with van der Waals surface area (Å²) in [7, 11) is 0. The van der Waals surface area contributed by atoms with Crippen LogP contribution in [0.2, 0.25) is 0 Å². The zero-order valence-corrected chi connectivity index (χ0v) is 13.0. The Morgan fingerprint density at radius 3 is 2.24 bits per heavy atom. The number of carboxylic acids is 1. The minimum absolute atomic E-state index is 0.117. The van der Waals surface area contributed by atoms with Crippen molar-refractivity contribution in [1.82, 2.24) is 5.32 Å². The molecule has 2 N–H and O–H groups in total. The molecule has 1 unspecified atom stereocenters. The number of hydrogen-bond acceptors (Lipinski definition) is 4. The van der Waals surface area contributed by atoms with Crippen LogP contribution >= 0.6 is 0 Å². The normalized spacial score (nSPS) is 12.2. The van der Waals surface area contributed by atoms with Crippen LogP contribution in [0.25, 0.3) is 0 Å². The summed E-state index contributed by atoms with van der Waals surface area (Å²) in [4.78, 5) is 11.1. The number of rotatable bonds is 10. The molecule has 1 aromatic rings. The lowest BCUT2D eigenvalue weighted by molar-refractivity contribution is -0.140. The van der Waals surface area contributed by atoms with Gasteiger partial charge < -0.3 is 19.9 Å². The number of hydrogen-bond donors (Lipinski definition) is 2. The average Bonchev–Trinajstić information content (AvgIpc) is 2.44. The Morgan fingerprint density at radius 1 is 1.19 bits per heavy atom. The predicted molar refractivity (Wildman–Crippen MR) is 82.0 cm³/mol. The highest BCUT2D eigenvalue weighted by Crippen LogP contribution is 2.26. The van der Waals surface area contributed by atoms with Crippen molar-refractivity contribution in [1.29, 1.82) is 0 Å². The molecule has 5 heteroatoms. The maximum atomic E-state index is 11.1. The summed E-state index contributed by atoms with van der Waals surface area (Å²) in [6.45, 7) is 6.84. The highest BCUT2D eigenvalue weighted by atomic mass is 16.5. The largest absolute Gasteiger partial charge is 0.490 e. The molecule has 0 amide bonds. The second-order valence-corrected chi connectivity index (χ2v) is 5.14. The van der Waals surface area contributed by atoms with E-state index in [1.165, 1.54) is 0 Å².